The van der Waals surface area contributed by atoms with E-state index in [1.54, 1.807) is 0 Å². The number of imidazole rings is 1. The van der Waals surface area contributed by atoms with Crippen LogP contribution in [0.25, 0.3) is 11.0 Å². The molecule has 1 N–H and O–H groups in total. The fourth-order valence-corrected chi connectivity index (χ4v) is 2.56. The van der Waals surface area contributed by atoms with E-state index in [1.807, 2.05) is 6.07 Å². The number of piperidine rings is 1. The first-order valence-electron chi connectivity index (χ1n) is 5.96. The van der Waals surface area contributed by atoms with Gasteiger partial charge in [0.1, 0.15) is 5.82 Å². The highest BCUT2D eigenvalue weighted by Gasteiger charge is 2.21. The molecule has 1 aliphatic heterocycles. The monoisotopic (exact) mass is 215 g/mol. The van der Waals surface area contributed by atoms with Crippen molar-refractivity contribution in [1.82, 2.24) is 14.9 Å². The van der Waals surface area contributed by atoms with Crippen molar-refractivity contribution < 1.29 is 0 Å². The van der Waals surface area contributed by atoms with Crippen molar-refractivity contribution in [2.45, 2.75) is 18.8 Å². The molecule has 0 aliphatic carbocycles. The summed E-state index contributed by atoms with van der Waals surface area (Å²) in [6.07, 6.45) is 2.53. The van der Waals surface area contributed by atoms with Crippen LogP contribution in [0.2, 0.25) is 0 Å². The van der Waals surface area contributed by atoms with E-state index < -0.39 is 0 Å². The third-order valence-corrected chi connectivity index (χ3v) is 3.42. The van der Waals surface area contributed by atoms with Crippen molar-refractivity contribution in [2.24, 2.45) is 0 Å². The Morgan fingerprint density at radius 2 is 2.25 bits per heavy atom. The lowest BCUT2D eigenvalue weighted by atomic mass is 9.98. The molecule has 2 aromatic rings. The molecule has 16 heavy (non-hydrogen) atoms. The van der Waals surface area contributed by atoms with Crippen LogP contribution in [0.15, 0.2) is 24.3 Å². The zero-order valence-corrected chi connectivity index (χ0v) is 9.61. The first kappa shape index (κ1) is 9.85. The number of nitrogens with one attached hydrogen (secondary N) is 1. The van der Waals surface area contributed by atoms with Gasteiger partial charge in [-0.15, -0.1) is 0 Å². The highest BCUT2D eigenvalue weighted by Crippen LogP contribution is 2.25. The predicted molar refractivity (Wildman–Crippen MR) is 65.6 cm³/mol. The first-order valence-corrected chi connectivity index (χ1v) is 5.96. The highest BCUT2D eigenvalue weighted by molar-refractivity contribution is 5.74. The van der Waals surface area contributed by atoms with Gasteiger partial charge in [-0.05, 0) is 38.6 Å². The van der Waals surface area contributed by atoms with Gasteiger partial charge in [0.2, 0.25) is 0 Å². The van der Waals surface area contributed by atoms with Gasteiger partial charge < -0.3 is 9.88 Å². The minimum Gasteiger partial charge on any atom is -0.342 e. The minimum absolute atomic E-state index is 0.575. The molecule has 1 atom stereocenters. The van der Waals surface area contributed by atoms with Gasteiger partial charge in [-0.25, -0.2) is 4.98 Å². The van der Waals surface area contributed by atoms with Gasteiger partial charge in [0.15, 0.2) is 0 Å². The van der Waals surface area contributed by atoms with Crippen LogP contribution < -0.4 is 0 Å². The molecule has 1 aromatic heterocycles. The van der Waals surface area contributed by atoms with Crippen LogP contribution in [0.1, 0.15) is 24.6 Å². The average Bonchev–Trinajstić information content (AvgIpc) is 2.72. The topological polar surface area (TPSA) is 31.9 Å². The second kappa shape index (κ2) is 3.91. The number of para-hydroxylation sites is 2. The summed E-state index contributed by atoms with van der Waals surface area (Å²) in [6.45, 7) is 2.34. The van der Waals surface area contributed by atoms with Crippen molar-refractivity contribution in [3.05, 3.63) is 30.1 Å². The number of hydrogen-bond donors (Lipinski definition) is 1. The summed E-state index contributed by atoms with van der Waals surface area (Å²) in [5.41, 5.74) is 2.25. The van der Waals surface area contributed by atoms with Gasteiger partial charge in [-0.3, -0.25) is 0 Å². The molecule has 1 aliphatic rings. The summed E-state index contributed by atoms with van der Waals surface area (Å²) >= 11 is 0. The number of fused-ring (bicyclic) bond motifs is 1. The molecule has 1 unspecified atom stereocenters. The Hall–Kier alpha value is -1.35. The van der Waals surface area contributed by atoms with Crippen molar-refractivity contribution in [2.75, 3.05) is 20.1 Å². The number of rotatable bonds is 1. The summed E-state index contributed by atoms with van der Waals surface area (Å²) in [4.78, 5) is 10.5. The Balaban J connectivity index is 1.93. The summed E-state index contributed by atoms with van der Waals surface area (Å²) in [5, 5.41) is 0. The van der Waals surface area contributed by atoms with E-state index in [1.165, 1.54) is 19.4 Å². The number of aromatic nitrogens is 2. The Bertz CT molecular complexity index is 456. The number of H-pyrrole nitrogens is 1. The van der Waals surface area contributed by atoms with Gasteiger partial charge in [0.25, 0.3) is 0 Å². The molecule has 3 rings (SSSR count). The molecule has 1 saturated heterocycles. The molecule has 0 bridgehead atoms. The zero-order valence-electron chi connectivity index (χ0n) is 9.61. The molecule has 0 spiro atoms. The molecule has 1 fully saturated rings. The number of likely N-dealkylation sites (tertiary alicyclic amines) is 1. The van der Waals surface area contributed by atoms with Crippen LogP contribution in [-0.2, 0) is 0 Å². The van der Waals surface area contributed by atoms with E-state index in [2.05, 4.69) is 40.1 Å². The lowest BCUT2D eigenvalue weighted by Crippen LogP contribution is -2.31. The maximum atomic E-state index is 4.69. The van der Waals surface area contributed by atoms with Crippen LogP contribution in [0, 0.1) is 0 Å². The molecule has 0 radical (unpaired) electrons. The van der Waals surface area contributed by atoms with Crippen LogP contribution in [0.5, 0.6) is 0 Å². The fourth-order valence-electron chi connectivity index (χ4n) is 2.56. The van der Waals surface area contributed by atoms with Crippen molar-refractivity contribution in [3.8, 4) is 0 Å². The molecule has 3 heteroatoms. The maximum Gasteiger partial charge on any atom is 0.111 e. The Morgan fingerprint density at radius 1 is 1.38 bits per heavy atom. The van der Waals surface area contributed by atoms with Gasteiger partial charge in [0.05, 0.1) is 11.0 Å². The quantitative estimate of drug-likeness (QED) is 0.792. The third-order valence-electron chi connectivity index (χ3n) is 3.42. The van der Waals surface area contributed by atoms with Crippen LogP contribution >= 0.6 is 0 Å². The number of likely N-dealkylation sites (N-methyl/N-ethyl adjacent to an activating group) is 1. The summed E-state index contributed by atoms with van der Waals surface area (Å²) in [6, 6.07) is 8.26. The number of benzene rings is 1. The van der Waals surface area contributed by atoms with Crippen molar-refractivity contribution in [1.29, 1.82) is 0 Å². The smallest absolute Gasteiger partial charge is 0.111 e. The van der Waals surface area contributed by atoms with Crippen molar-refractivity contribution in [3.63, 3.8) is 0 Å². The van der Waals surface area contributed by atoms with Gasteiger partial charge in [0, 0.05) is 12.5 Å². The standard InChI is InChI=1S/C13H17N3/c1-16-8-4-5-10(9-16)13-14-11-6-2-3-7-12(11)15-13/h2-3,6-7,10H,4-5,8-9H2,1H3,(H,14,15). The normalized spacial score (nSPS) is 22.7. The van der Waals surface area contributed by atoms with E-state index >= 15 is 0 Å². The van der Waals surface area contributed by atoms with Gasteiger partial charge in [-0.1, -0.05) is 12.1 Å². The predicted octanol–water partition coefficient (Wildman–Crippen LogP) is 2.37. The Kier molecular flexibility index (Phi) is 2.40. The summed E-state index contributed by atoms with van der Waals surface area (Å²) < 4.78 is 0. The molecular weight excluding hydrogens is 198 g/mol. The second-order valence-electron chi connectivity index (χ2n) is 4.74. The largest absolute Gasteiger partial charge is 0.342 e. The molecule has 3 nitrogen and oxygen atoms in total. The molecule has 84 valence electrons. The first-order chi connectivity index (χ1) is 7.83. The summed E-state index contributed by atoms with van der Waals surface area (Å²) in [5.74, 6) is 1.74. The number of hydrogen-bond acceptors (Lipinski definition) is 2. The maximum absolute atomic E-state index is 4.69. The van der Waals surface area contributed by atoms with Crippen molar-refractivity contribution >= 4 is 11.0 Å². The lowest BCUT2D eigenvalue weighted by molar-refractivity contribution is 0.246. The zero-order chi connectivity index (χ0) is 11.0. The van der Waals surface area contributed by atoms with Gasteiger partial charge in [-0.2, -0.15) is 0 Å². The number of nitrogens with zero attached hydrogens (tertiary/aromatic N) is 2. The molecule has 1 aromatic carbocycles. The SMILES string of the molecule is CN1CCCC(c2nc3ccccc3[nH]2)C1. The molecular formula is C13H17N3. The van der Waals surface area contributed by atoms with E-state index in [4.69, 9.17) is 0 Å². The molecule has 0 saturated carbocycles. The van der Waals surface area contributed by atoms with Crippen LogP contribution in [0.4, 0.5) is 0 Å². The van der Waals surface area contributed by atoms with Gasteiger partial charge >= 0.3 is 0 Å². The average molecular weight is 215 g/mol. The lowest BCUT2D eigenvalue weighted by Gasteiger charge is -2.28. The molecule has 2 heterocycles. The fraction of sp³-hybridized carbons (Fsp3) is 0.462. The molecule has 0 amide bonds. The van der Waals surface area contributed by atoms with E-state index in [-0.39, 0.29) is 0 Å². The summed E-state index contributed by atoms with van der Waals surface area (Å²) in [7, 11) is 2.19. The minimum atomic E-state index is 0.575. The van der Waals surface area contributed by atoms with Crippen LogP contribution in [0.3, 0.4) is 0 Å². The second-order valence-corrected chi connectivity index (χ2v) is 4.74. The van der Waals surface area contributed by atoms with E-state index in [9.17, 15) is 0 Å². The third kappa shape index (κ3) is 1.71. The highest BCUT2D eigenvalue weighted by atomic mass is 15.1. The van der Waals surface area contributed by atoms with Crippen LogP contribution in [-0.4, -0.2) is 35.0 Å². The Morgan fingerprint density at radius 3 is 3.06 bits per heavy atom. The Labute approximate surface area is 95.5 Å². The van der Waals surface area contributed by atoms with E-state index in [0.29, 0.717) is 5.92 Å². The van der Waals surface area contributed by atoms with E-state index in [0.717, 1.165) is 23.4 Å². The number of aromatic amines is 1.